The summed E-state index contributed by atoms with van der Waals surface area (Å²) in [6, 6.07) is 18.4. The fourth-order valence-electron chi connectivity index (χ4n) is 4.17. The van der Waals surface area contributed by atoms with Crippen LogP contribution >= 0.6 is 11.6 Å². The average molecular weight is 478 g/mol. The van der Waals surface area contributed by atoms with Crippen LogP contribution in [-0.2, 0) is 4.79 Å². The number of aromatic nitrogens is 1. The van der Waals surface area contributed by atoms with Crippen molar-refractivity contribution in [2.75, 3.05) is 25.0 Å². The number of amides is 2. The van der Waals surface area contributed by atoms with Crippen molar-refractivity contribution in [3.63, 3.8) is 0 Å². The van der Waals surface area contributed by atoms with Gasteiger partial charge < -0.3 is 15.0 Å². The quantitative estimate of drug-likeness (QED) is 0.516. The lowest BCUT2D eigenvalue weighted by Crippen LogP contribution is -2.40. The first-order valence-electron chi connectivity index (χ1n) is 11.4. The lowest BCUT2D eigenvalue weighted by atomic mass is 9.89. The zero-order chi connectivity index (χ0) is 24.1. The maximum Gasteiger partial charge on any atom is 0.260 e. The van der Waals surface area contributed by atoms with Crippen molar-refractivity contribution in [1.29, 1.82) is 0 Å². The van der Waals surface area contributed by atoms with Gasteiger partial charge in [0.05, 0.1) is 11.3 Å². The maximum atomic E-state index is 13.1. The molecule has 0 unspecified atom stereocenters. The van der Waals surface area contributed by atoms with Gasteiger partial charge in [-0.25, -0.2) is 0 Å². The molecular weight excluding hydrogens is 450 g/mol. The number of carbonyl (C=O) groups is 2. The van der Waals surface area contributed by atoms with Crippen LogP contribution in [0, 0.1) is 13.8 Å². The van der Waals surface area contributed by atoms with Crippen molar-refractivity contribution in [3.8, 4) is 5.75 Å². The van der Waals surface area contributed by atoms with Crippen LogP contribution in [0.25, 0.3) is 0 Å². The molecule has 3 aromatic rings. The largest absolute Gasteiger partial charge is 0.484 e. The number of pyridine rings is 1. The smallest absolute Gasteiger partial charge is 0.260 e. The number of halogens is 1. The van der Waals surface area contributed by atoms with Gasteiger partial charge in [-0.2, -0.15) is 0 Å². The number of nitrogens with zero attached hydrogens (tertiary/aromatic N) is 2. The molecular formula is C27H28ClN3O3. The Kier molecular flexibility index (Phi) is 7.48. The molecule has 0 aliphatic carbocycles. The highest BCUT2D eigenvalue weighted by atomic mass is 35.5. The third-order valence-corrected chi connectivity index (χ3v) is 6.25. The fourth-order valence-corrected chi connectivity index (χ4v) is 4.30. The minimum atomic E-state index is -0.164. The van der Waals surface area contributed by atoms with Gasteiger partial charge in [-0.1, -0.05) is 23.7 Å². The highest BCUT2D eigenvalue weighted by Crippen LogP contribution is 2.30. The zero-order valence-electron chi connectivity index (χ0n) is 19.4. The van der Waals surface area contributed by atoms with E-state index < -0.39 is 0 Å². The van der Waals surface area contributed by atoms with Gasteiger partial charge in [-0.05, 0) is 80.8 Å². The zero-order valence-corrected chi connectivity index (χ0v) is 20.1. The molecule has 1 aromatic heterocycles. The number of hydrogen-bond acceptors (Lipinski definition) is 4. The molecule has 1 fully saturated rings. The van der Waals surface area contributed by atoms with Crippen LogP contribution < -0.4 is 10.1 Å². The van der Waals surface area contributed by atoms with Crippen LogP contribution in [0.3, 0.4) is 0 Å². The monoisotopic (exact) mass is 477 g/mol. The van der Waals surface area contributed by atoms with E-state index in [4.69, 9.17) is 21.3 Å². The van der Waals surface area contributed by atoms with Crippen LogP contribution in [0.2, 0.25) is 5.02 Å². The highest BCUT2D eigenvalue weighted by molar-refractivity contribution is 6.30. The van der Waals surface area contributed by atoms with Gasteiger partial charge in [0.25, 0.3) is 11.8 Å². The van der Waals surface area contributed by atoms with Crippen molar-refractivity contribution < 1.29 is 14.3 Å². The molecule has 1 aliphatic rings. The maximum absolute atomic E-state index is 13.1. The summed E-state index contributed by atoms with van der Waals surface area (Å²) in [5.74, 6) is 0.506. The molecule has 1 saturated heterocycles. The number of hydrogen-bond donors (Lipinski definition) is 1. The molecule has 1 N–H and O–H groups in total. The number of nitrogens with one attached hydrogen (secondary N) is 1. The number of carbonyl (C=O) groups excluding carboxylic acids is 2. The second kappa shape index (κ2) is 10.7. The number of rotatable bonds is 6. The van der Waals surface area contributed by atoms with Gasteiger partial charge >= 0.3 is 0 Å². The van der Waals surface area contributed by atoms with Crippen LogP contribution in [0.15, 0.2) is 60.7 Å². The van der Waals surface area contributed by atoms with Crippen molar-refractivity contribution >= 4 is 29.1 Å². The van der Waals surface area contributed by atoms with E-state index in [0.29, 0.717) is 29.4 Å². The average Bonchev–Trinajstić information content (AvgIpc) is 2.83. The molecule has 7 heteroatoms. The summed E-state index contributed by atoms with van der Waals surface area (Å²) in [6.07, 6.45) is 1.49. The minimum Gasteiger partial charge on any atom is -0.484 e. The van der Waals surface area contributed by atoms with Crippen LogP contribution in [0.1, 0.15) is 46.1 Å². The molecule has 2 amide bonds. The third kappa shape index (κ3) is 5.94. The Morgan fingerprint density at radius 3 is 2.50 bits per heavy atom. The van der Waals surface area contributed by atoms with E-state index in [1.807, 2.05) is 55.1 Å². The summed E-state index contributed by atoms with van der Waals surface area (Å²) in [6.45, 7) is 5.10. The molecule has 34 heavy (non-hydrogen) atoms. The van der Waals surface area contributed by atoms with E-state index in [1.54, 1.807) is 24.3 Å². The number of benzene rings is 2. The van der Waals surface area contributed by atoms with E-state index >= 15 is 0 Å². The molecule has 0 bridgehead atoms. The summed E-state index contributed by atoms with van der Waals surface area (Å²) in [5.41, 5.74) is 4.10. The van der Waals surface area contributed by atoms with E-state index in [2.05, 4.69) is 5.32 Å². The Hall–Kier alpha value is -3.38. The summed E-state index contributed by atoms with van der Waals surface area (Å²) in [7, 11) is 0. The third-order valence-electron chi connectivity index (χ3n) is 5.99. The van der Waals surface area contributed by atoms with E-state index in [1.165, 1.54) is 0 Å². The summed E-state index contributed by atoms with van der Waals surface area (Å²) < 4.78 is 5.60. The number of piperidine rings is 1. The Morgan fingerprint density at radius 2 is 1.79 bits per heavy atom. The van der Waals surface area contributed by atoms with Crippen molar-refractivity contribution in [2.24, 2.45) is 0 Å². The topological polar surface area (TPSA) is 71.5 Å². The molecule has 1 aliphatic heterocycles. The highest BCUT2D eigenvalue weighted by Gasteiger charge is 2.28. The molecule has 2 aromatic carbocycles. The Bertz CT molecular complexity index is 1170. The first-order valence-corrected chi connectivity index (χ1v) is 11.8. The van der Waals surface area contributed by atoms with Gasteiger partial charge in [-0.3, -0.25) is 14.6 Å². The molecule has 0 radical (unpaired) electrons. The number of likely N-dealkylation sites (tertiary alicyclic amines) is 1. The Labute approximate surface area is 204 Å². The molecule has 0 atom stereocenters. The van der Waals surface area contributed by atoms with Crippen LogP contribution in [0.5, 0.6) is 5.75 Å². The molecule has 2 heterocycles. The molecule has 0 saturated carbocycles. The Balaban J connectivity index is 1.38. The second-order valence-electron chi connectivity index (χ2n) is 8.61. The number of anilines is 1. The van der Waals surface area contributed by atoms with Crippen LogP contribution in [-0.4, -0.2) is 41.4 Å². The van der Waals surface area contributed by atoms with Gasteiger partial charge in [0.1, 0.15) is 5.75 Å². The summed E-state index contributed by atoms with van der Waals surface area (Å²) >= 11 is 5.89. The van der Waals surface area contributed by atoms with E-state index in [-0.39, 0.29) is 24.3 Å². The lowest BCUT2D eigenvalue weighted by Gasteiger charge is -2.32. The first-order chi connectivity index (χ1) is 16.4. The van der Waals surface area contributed by atoms with E-state index in [9.17, 15) is 9.59 Å². The minimum absolute atomic E-state index is 0.0147. The lowest BCUT2D eigenvalue weighted by molar-refractivity contribution is -0.134. The molecule has 0 spiro atoms. The predicted octanol–water partition coefficient (Wildman–Crippen LogP) is 5.39. The van der Waals surface area contributed by atoms with Crippen molar-refractivity contribution in [2.45, 2.75) is 32.6 Å². The number of ether oxygens (including phenoxy) is 1. The van der Waals surface area contributed by atoms with Crippen molar-refractivity contribution in [1.82, 2.24) is 9.88 Å². The molecule has 4 rings (SSSR count). The van der Waals surface area contributed by atoms with Crippen molar-refractivity contribution in [3.05, 3.63) is 88.2 Å². The van der Waals surface area contributed by atoms with Gasteiger partial charge in [0.2, 0.25) is 0 Å². The van der Waals surface area contributed by atoms with Crippen LogP contribution in [0.4, 0.5) is 5.69 Å². The fraction of sp³-hybridized carbons (Fsp3) is 0.296. The predicted molar refractivity (Wildman–Crippen MR) is 134 cm³/mol. The molecule has 176 valence electrons. The second-order valence-corrected chi connectivity index (χ2v) is 9.04. The normalized spacial score (nSPS) is 14.0. The SMILES string of the molecule is Cc1cccc(NC(=O)c2ccc(C)nc2C2CCN(C(=O)COc3ccc(Cl)cc3)CC2)c1. The summed E-state index contributed by atoms with van der Waals surface area (Å²) in [5, 5.41) is 3.62. The van der Waals surface area contributed by atoms with Gasteiger partial charge in [0, 0.05) is 35.4 Å². The van der Waals surface area contributed by atoms with Gasteiger partial charge in [-0.15, -0.1) is 0 Å². The Morgan fingerprint density at radius 1 is 1.06 bits per heavy atom. The van der Waals surface area contributed by atoms with Gasteiger partial charge in [0.15, 0.2) is 6.61 Å². The molecule has 6 nitrogen and oxygen atoms in total. The number of aryl methyl sites for hydroxylation is 2. The summed E-state index contributed by atoms with van der Waals surface area (Å²) in [4.78, 5) is 32.3. The van der Waals surface area contributed by atoms with E-state index in [0.717, 1.165) is 35.5 Å². The standard InChI is InChI=1S/C27H28ClN3O3/c1-18-4-3-5-22(16-18)30-27(33)24-11-6-19(2)29-26(24)20-12-14-31(15-13-20)25(32)17-34-23-9-7-21(28)8-10-23/h3-11,16,20H,12-15,17H2,1-2H3,(H,30,33). The first kappa shape index (κ1) is 23.8.